The van der Waals surface area contributed by atoms with E-state index in [4.69, 9.17) is 4.74 Å². The molecule has 0 aliphatic carbocycles. The smallest absolute Gasteiger partial charge is 0.336 e. The summed E-state index contributed by atoms with van der Waals surface area (Å²) in [5, 5.41) is 0. The first kappa shape index (κ1) is 16.8. The lowest BCUT2D eigenvalue weighted by molar-refractivity contribution is -0.147. The fraction of sp³-hybridized carbons (Fsp3) is 0.250. The SMILES string of the molecule is C=CCC(C(=O)OC)(c1ccccc1)N(C)c1cccc(C)c1. The summed E-state index contributed by atoms with van der Waals surface area (Å²) < 4.78 is 5.17. The van der Waals surface area contributed by atoms with Gasteiger partial charge in [0.2, 0.25) is 0 Å². The van der Waals surface area contributed by atoms with Crippen molar-refractivity contribution >= 4 is 11.7 Å². The number of methoxy groups -OCH3 is 1. The van der Waals surface area contributed by atoms with Gasteiger partial charge in [0.1, 0.15) is 0 Å². The number of hydrogen-bond donors (Lipinski definition) is 0. The number of benzene rings is 2. The van der Waals surface area contributed by atoms with Gasteiger partial charge in [0, 0.05) is 19.2 Å². The number of rotatable bonds is 6. The Morgan fingerprint density at radius 1 is 1.22 bits per heavy atom. The van der Waals surface area contributed by atoms with Crippen LogP contribution in [-0.4, -0.2) is 20.1 Å². The molecule has 0 aromatic heterocycles. The van der Waals surface area contributed by atoms with E-state index in [1.54, 1.807) is 6.08 Å². The summed E-state index contributed by atoms with van der Waals surface area (Å²) in [6, 6.07) is 17.8. The molecule has 0 N–H and O–H groups in total. The van der Waals surface area contributed by atoms with E-state index in [0.29, 0.717) is 6.42 Å². The van der Waals surface area contributed by atoms with Crippen LogP contribution in [0.2, 0.25) is 0 Å². The highest BCUT2D eigenvalue weighted by Gasteiger charge is 2.44. The standard InChI is InChI=1S/C20H23NO2/c1-5-14-20(19(22)23-4,17-11-7-6-8-12-17)21(3)18-13-9-10-16(2)15-18/h5-13,15H,1,14H2,2-4H3. The Kier molecular flexibility index (Phi) is 5.22. The Labute approximate surface area is 138 Å². The molecule has 0 spiro atoms. The summed E-state index contributed by atoms with van der Waals surface area (Å²) in [4.78, 5) is 14.8. The van der Waals surface area contributed by atoms with Crippen LogP contribution in [0, 0.1) is 6.92 Å². The minimum Gasteiger partial charge on any atom is -0.467 e. The van der Waals surface area contributed by atoms with Crippen molar-refractivity contribution in [2.24, 2.45) is 0 Å². The lowest BCUT2D eigenvalue weighted by atomic mass is 9.84. The van der Waals surface area contributed by atoms with Crippen LogP contribution in [0.15, 0.2) is 67.3 Å². The van der Waals surface area contributed by atoms with E-state index in [9.17, 15) is 4.79 Å². The zero-order chi connectivity index (χ0) is 16.9. The summed E-state index contributed by atoms with van der Waals surface area (Å²) in [5.41, 5.74) is 2.04. The Morgan fingerprint density at radius 3 is 2.48 bits per heavy atom. The molecule has 3 nitrogen and oxygen atoms in total. The van der Waals surface area contributed by atoms with E-state index < -0.39 is 5.54 Å². The molecule has 2 aromatic rings. The zero-order valence-electron chi connectivity index (χ0n) is 14.0. The maximum atomic E-state index is 12.8. The summed E-state index contributed by atoms with van der Waals surface area (Å²) in [5.74, 6) is -0.299. The number of esters is 1. The molecule has 0 aliphatic heterocycles. The Morgan fingerprint density at radius 2 is 1.91 bits per heavy atom. The van der Waals surface area contributed by atoms with Crippen molar-refractivity contribution in [3.05, 3.63) is 78.4 Å². The quantitative estimate of drug-likeness (QED) is 0.595. The van der Waals surface area contributed by atoms with E-state index in [0.717, 1.165) is 16.8 Å². The number of hydrogen-bond acceptors (Lipinski definition) is 3. The van der Waals surface area contributed by atoms with Crippen molar-refractivity contribution in [1.82, 2.24) is 0 Å². The molecule has 120 valence electrons. The van der Waals surface area contributed by atoms with Crippen LogP contribution < -0.4 is 4.90 Å². The highest BCUT2D eigenvalue weighted by atomic mass is 16.5. The molecule has 0 heterocycles. The topological polar surface area (TPSA) is 29.5 Å². The summed E-state index contributed by atoms with van der Waals surface area (Å²) in [7, 11) is 3.34. The van der Waals surface area contributed by atoms with Crippen LogP contribution in [0.1, 0.15) is 17.5 Å². The third kappa shape index (κ3) is 3.14. The van der Waals surface area contributed by atoms with Crippen LogP contribution in [0.25, 0.3) is 0 Å². The van der Waals surface area contributed by atoms with E-state index in [2.05, 4.69) is 12.6 Å². The molecule has 2 aromatic carbocycles. The minimum atomic E-state index is -0.939. The second-order valence-electron chi connectivity index (χ2n) is 5.61. The van der Waals surface area contributed by atoms with Gasteiger partial charge in [-0.1, -0.05) is 48.5 Å². The van der Waals surface area contributed by atoms with Gasteiger partial charge in [-0.05, 0) is 30.2 Å². The highest BCUT2D eigenvalue weighted by Crippen LogP contribution is 2.36. The van der Waals surface area contributed by atoms with Crippen molar-refractivity contribution in [2.75, 3.05) is 19.1 Å². The van der Waals surface area contributed by atoms with Gasteiger partial charge in [0.15, 0.2) is 5.54 Å². The predicted molar refractivity (Wildman–Crippen MR) is 94.5 cm³/mol. The molecule has 0 saturated heterocycles. The van der Waals surface area contributed by atoms with Gasteiger partial charge >= 0.3 is 5.97 Å². The Bertz CT molecular complexity index is 681. The summed E-state index contributed by atoms with van der Waals surface area (Å²) in [6.07, 6.45) is 2.21. The zero-order valence-corrected chi connectivity index (χ0v) is 14.0. The molecule has 2 rings (SSSR count). The van der Waals surface area contributed by atoms with Gasteiger partial charge in [0.25, 0.3) is 0 Å². The molecule has 0 bridgehead atoms. The van der Waals surface area contributed by atoms with Crippen LogP contribution in [0.3, 0.4) is 0 Å². The first-order valence-electron chi connectivity index (χ1n) is 7.61. The van der Waals surface area contributed by atoms with Crippen molar-refractivity contribution in [1.29, 1.82) is 0 Å². The van der Waals surface area contributed by atoms with Gasteiger partial charge in [-0.25, -0.2) is 4.79 Å². The normalized spacial score (nSPS) is 13.0. The molecule has 1 atom stereocenters. The number of aryl methyl sites for hydroxylation is 1. The number of nitrogens with zero attached hydrogens (tertiary/aromatic N) is 1. The fourth-order valence-corrected chi connectivity index (χ4v) is 2.94. The molecule has 0 fully saturated rings. The number of likely N-dealkylation sites (N-methyl/N-ethyl adjacent to an activating group) is 1. The van der Waals surface area contributed by atoms with E-state index >= 15 is 0 Å². The molecule has 1 unspecified atom stereocenters. The first-order valence-corrected chi connectivity index (χ1v) is 7.61. The van der Waals surface area contributed by atoms with E-state index in [1.807, 2.05) is 67.4 Å². The van der Waals surface area contributed by atoms with Crippen LogP contribution in [0.4, 0.5) is 5.69 Å². The van der Waals surface area contributed by atoms with E-state index in [1.165, 1.54) is 7.11 Å². The Hall–Kier alpha value is -2.55. The molecular formula is C20H23NO2. The predicted octanol–water partition coefficient (Wildman–Crippen LogP) is 4.08. The first-order chi connectivity index (χ1) is 11.1. The van der Waals surface area contributed by atoms with Crippen molar-refractivity contribution in [3.8, 4) is 0 Å². The molecular weight excluding hydrogens is 286 g/mol. The Balaban J connectivity index is 2.64. The number of anilines is 1. The van der Waals surface area contributed by atoms with Crippen molar-refractivity contribution in [3.63, 3.8) is 0 Å². The van der Waals surface area contributed by atoms with E-state index in [-0.39, 0.29) is 5.97 Å². The largest absolute Gasteiger partial charge is 0.467 e. The maximum Gasteiger partial charge on any atom is 0.336 e. The van der Waals surface area contributed by atoms with Crippen LogP contribution >= 0.6 is 0 Å². The number of carbonyl (C=O) groups excluding carboxylic acids is 1. The minimum absolute atomic E-state index is 0.299. The van der Waals surface area contributed by atoms with Gasteiger partial charge in [-0.3, -0.25) is 0 Å². The number of carbonyl (C=O) groups is 1. The van der Waals surface area contributed by atoms with Crippen LogP contribution in [0.5, 0.6) is 0 Å². The molecule has 0 aliphatic rings. The molecule has 3 heteroatoms. The summed E-state index contributed by atoms with van der Waals surface area (Å²) >= 11 is 0. The third-order valence-corrected chi connectivity index (χ3v) is 4.18. The monoisotopic (exact) mass is 309 g/mol. The molecule has 0 saturated carbocycles. The second kappa shape index (κ2) is 7.14. The van der Waals surface area contributed by atoms with Gasteiger partial charge < -0.3 is 9.64 Å². The third-order valence-electron chi connectivity index (χ3n) is 4.18. The maximum absolute atomic E-state index is 12.8. The van der Waals surface area contributed by atoms with Gasteiger partial charge in [0.05, 0.1) is 7.11 Å². The van der Waals surface area contributed by atoms with Gasteiger partial charge in [-0.2, -0.15) is 0 Å². The lowest BCUT2D eigenvalue weighted by Crippen LogP contribution is -2.51. The molecule has 0 amide bonds. The van der Waals surface area contributed by atoms with Crippen molar-refractivity contribution < 1.29 is 9.53 Å². The average Bonchev–Trinajstić information content (AvgIpc) is 2.59. The fourth-order valence-electron chi connectivity index (χ4n) is 2.94. The van der Waals surface area contributed by atoms with Crippen molar-refractivity contribution in [2.45, 2.75) is 18.9 Å². The highest BCUT2D eigenvalue weighted by molar-refractivity contribution is 5.87. The van der Waals surface area contributed by atoms with Crippen LogP contribution in [-0.2, 0) is 15.1 Å². The average molecular weight is 309 g/mol. The molecule has 0 radical (unpaired) electrons. The summed E-state index contributed by atoms with van der Waals surface area (Å²) in [6.45, 7) is 5.88. The molecule has 23 heavy (non-hydrogen) atoms. The van der Waals surface area contributed by atoms with Gasteiger partial charge in [-0.15, -0.1) is 6.58 Å². The second-order valence-corrected chi connectivity index (χ2v) is 5.61. The lowest BCUT2D eigenvalue weighted by Gasteiger charge is -2.40. The number of ether oxygens (including phenoxy) is 1.